The number of ether oxygens (including phenoxy) is 1. The molecule has 1 aromatic carbocycles. The van der Waals surface area contributed by atoms with Crippen LogP contribution in [0.15, 0.2) is 41.7 Å². The lowest BCUT2D eigenvalue weighted by Crippen LogP contribution is -2.33. The minimum Gasteiger partial charge on any atom is -0.404 e. The van der Waals surface area contributed by atoms with Crippen molar-refractivity contribution in [1.82, 2.24) is 25.0 Å². The molecule has 0 bridgehead atoms. The number of nitrogens with zero attached hydrogens (tertiary/aromatic N) is 6. The van der Waals surface area contributed by atoms with E-state index in [1.165, 1.54) is 0 Å². The van der Waals surface area contributed by atoms with Gasteiger partial charge in [-0.05, 0) is 43.4 Å². The van der Waals surface area contributed by atoms with Crippen LogP contribution in [0.1, 0.15) is 31.2 Å². The number of rotatable bonds is 8. The lowest BCUT2D eigenvalue weighted by atomic mass is 9.92. The van der Waals surface area contributed by atoms with Gasteiger partial charge in [-0.3, -0.25) is 4.99 Å². The van der Waals surface area contributed by atoms with Crippen LogP contribution in [0.5, 0.6) is 0 Å². The number of methoxy groups -OCH3 is 1. The standard InChI is InChI=1S/C22H29N9O/c1-32-11-10-25-13-16(12-23)15-2-8-19(9-3-15)31-21-20(29-30-31)14-26-22(28-21)27-18-6-4-17(24)5-7-18/h2-3,8-9,12-14,17-18H,4-7,10-11,23-24H2,1H3,(H,26,27,28). The molecule has 0 saturated heterocycles. The SMILES string of the molecule is COCCN=CC(=CN)c1ccc(-n2nnc3cnc(NC4CCC(N)CC4)nc32)cc1. The van der Waals surface area contributed by atoms with E-state index < -0.39 is 0 Å². The fourth-order valence-corrected chi connectivity index (χ4v) is 3.73. The van der Waals surface area contributed by atoms with E-state index in [0.717, 1.165) is 42.5 Å². The molecule has 2 aromatic heterocycles. The molecule has 2 heterocycles. The molecule has 32 heavy (non-hydrogen) atoms. The van der Waals surface area contributed by atoms with Crippen LogP contribution in [0, 0.1) is 0 Å². The average molecular weight is 436 g/mol. The van der Waals surface area contributed by atoms with Crippen molar-refractivity contribution in [2.75, 3.05) is 25.6 Å². The molecule has 0 radical (unpaired) electrons. The van der Waals surface area contributed by atoms with Crippen LogP contribution >= 0.6 is 0 Å². The Morgan fingerprint density at radius 3 is 2.75 bits per heavy atom. The van der Waals surface area contributed by atoms with Gasteiger partial charge in [0.15, 0.2) is 11.2 Å². The topological polar surface area (TPSA) is 142 Å². The maximum atomic E-state index is 6.01. The molecule has 10 heteroatoms. The van der Waals surface area contributed by atoms with E-state index in [-0.39, 0.29) is 0 Å². The Morgan fingerprint density at radius 2 is 2.03 bits per heavy atom. The summed E-state index contributed by atoms with van der Waals surface area (Å²) in [5, 5.41) is 11.9. The number of fused-ring (bicyclic) bond motifs is 1. The fraction of sp³-hybridized carbons (Fsp3) is 0.409. The molecule has 0 aliphatic heterocycles. The monoisotopic (exact) mass is 435 g/mol. The van der Waals surface area contributed by atoms with Gasteiger partial charge in [0.2, 0.25) is 5.95 Å². The van der Waals surface area contributed by atoms with Crippen molar-refractivity contribution < 1.29 is 4.74 Å². The highest BCUT2D eigenvalue weighted by Gasteiger charge is 2.19. The Bertz CT molecular complexity index is 1080. The van der Waals surface area contributed by atoms with Crippen molar-refractivity contribution in [1.29, 1.82) is 0 Å². The highest BCUT2D eigenvalue weighted by Crippen LogP contribution is 2.22. The largest absolute Gasteiger partial charge is 0.404 e. The van der Waals surface area contributed by atoms with Gasteiger partial charge in [0.1, 0.15) is 0 Å². The number of aliphatic imine (C=N–C) groups is 1. The van der Waals surface area contributed by atoms with E-state index >= 15 is 0 Å². The molecule has 0 unspecified atom stereocenters. The van der Waals surface area contributed by atoms with Crippen LogP contribution in [-0.2, 0) is 4.74 Å². The first-order valence-electron chi connectivity index (χ1n) is 10.8. The second-order valence-corrected chi connectivity index (χ2v) is 7.86. The summed E-state index contributed by atoms with van der Waals surface area (Å²) in [5.41, 5.74) is 15.7. The molecule has 1 fully saturated rings. The lowest BCUT2D eigenvalue weighted by Gasteiger charge is -2.26. The highest BCUT2D eigenvalue weighted by molar-refractivity contribution is 6.09. The molecule has 5 N–H and O–H groups in total. The normalized spacial score (nSPS) is 19.6. The predicted octanol–water partition coefficient (Wildman–Crippen LogP) is 1.91. The van der Waals surface area contributed by atoms with Crippen LogP contribution in [0.25, 0.3) is 22.4 Å². The Balaban J connectivity index is 1.52. The first-order chi connectivity index (χ1) is 15.7. The molecule has 0 spiro atoms. The third-order valence-corrected chi connectivity index (χ3v) is 5.58. The lowest BCUT2D eigenvalue weighted by molar-refractivity contribution is 0.208. The van der Waals surface area contributed by atoms with Crippen molar-refractivity contribution in [2.24, 2.45) is 16.5 Å². The van der Waals surface area contributed by atoms with Crippen molar-refractivity contribution in [3.63, 3.8) is 0 Å². The van der Waals surface area contributed by atoms with E-state index in [1.54, 1.807) is 30.4 Å². The molecular formula is C22H29N9O. The van der Waals surface area contributed by atoms with Gasteiger partial charge >= 0.3 is 0 Å². The molecule has 0 amide bonds. The molecule has 10 nitrogen and oxygen atoms in total. The van der Waals surface area contributed by atoms with Crippen LogP contribution < -0.4 is 16.8 Å². The number of aromatic nitrogens is 5. The van der Waals surface area contributed by atoms with Crippen molar-refractivity contribution >= 4 is 28.9 Å². The van der Waals surface area contributed by atoms with Gasteiger partial charge in [0.05, 0.1) is 25.0 Å². The Kier molecular flexibility index (Phi) is 7.03. The summed E-state index contributed by atoms with van der Waals surface area (Å²) in [6, 6.07) is 8.48. The molecule has 168 valence electrons. The van der Waals surface area contributed by atoms with Crippen molar-refractivity contribution in [2.45, 2.75) is 37.8 Å². The van der Waals surface area contributed by atoms with Gasteiger partial charge in [0, 0.05) is 37.2 Å². The van der Waals surface area contributed by atoms with Crippen LogP contribution in [0.3, 0.4) is 0 Å². The van der Waals surface area contributed by atoms with Crippen LogP contribution in [0.2, 0.25) is 0 Å². The molecule has 1 aliphatic rings. The zero-order valence-corrected chi connectivity index (χ0v) is 18.2. The molecule has 3 aromatic rings. The number of nitrogens with one attached hydrogen (secondary N) is 1. The van der Waals surface area contributed by atoms with Gasteiger partial charge in [-0.2, -0.15) is 9.67 Å². The van der Waals surface area contributed by atoms with Gasteiger partial charge in [0.25, 0.3) is 0 Å². The number of benzene rings is 1. The first kappa shape index (κ1) is 21.8. The molecule has 1 aliphatic carbocycles. The Labute approximate surface area is 186 Å². The van der Waals surface area contributed by atoms with Gasteiger partial charge < -0.3 is 21.5 Å². The highest BCUT2D eigenvalue weighted by atomic mass is 16.5. The van der Waals surface area contributed by atoms with Crippen molar-refractivity contribution in [3.8, 4) is 5.69 Å². The number of anilines is 1. The number of hydrogen-bond donors (Lipinski definition) is 3. The summed E-state index contributed by atoms with van der Waals surface area (Å²) in [7, 11) is 1.65. The molecule has 0 atom stereocenters. The predicted molar refractivity (Wildman–Crippen MR) is 126 cm³/mol. The van der Waals surface area contributed by atoms with Gasteiger partial charge in [-0.1, -0.05) is 17.3 Å². The molecular weight excluding hydrogens is 406 g/mol. The van der Waals surface area contributed by atoms with E-state index in [1.807, 2.05) is 24.3 Å². The van der Waals surface area contributed by atoms with Crippen molar-refractivity contribution in [3.05, 3.63) is 42.2 Å². The summed E-state index contributed by atoms with van der Waals surface area (Å²) in [4.78, 5) is 13.4. The van der Waals surface area contributed by atoms with Crippen LogP contribution in [-0.4, -0.2) is 63.5 Å². The maximum absolute atomic E-state index is 6.01. The number of nitrogens with two attached hydrogens (primary N) is 2. The third-order valence-electron chi connectivity index (χ3n) is 5.58. The Morgan fingerprint density at radius 1 is 1.25 bits per heavy atom. The second kappa shape index (κ2) is 10.3. The van der Waals surface area contributed by atoms with Crippen LogP contribution in [0.4, 0.5) is 5.95 Å². The molecule has 1 saturated carbocycles. The quantitative estimate of drug-likeness (QED) is 0.360. The third kappa shape index (κ3) is 5.09. The summed E-state index contributed by atoms with van der Waals surface area (Å²) in [5.74, 6) is 0.582. The first-order valence-corrected chi connectivity index (χ1v) is 10.8. The smallest absolute Gasteiger partial charge is 0.225 e. The number of allylic oxidation sites excluding steroid dienone is 1. The summed E-state index contributed by atoms with van der Waals surface area (Å²) < 4.78 is 6.72. The summed E-state index contributed by atoms with van der Waals surface area (Å²) in [6.45, 7) is 1.15. The van der Waals surface area contributed by atoms with E-state index in [9.17, 15) is 0 Å². The number of hydrogen-bond acceptors (Lipinski definition) is 9. The van der Waals surface area contributed by atoms with Gasteiger partial charge in [-0.25, -0.2) is 4.98 Å². The van der Waals surface area contributed by atoms with E-state index in [2.05, 4.69) is 30.6 Å². The zero-order chi connectivity index (χ0) is 22.3. The summed E-state index contributed by atoms with van der Waals surface area (Å²) in [6.07, 6.45) is 9.06. The minimum atomic E-state index is 0.302. The maximum Gasteiger partial charge on any atom is 0.225 e. The zero-order valence-electron chi connectivity index (χ0n) is 18.2. The van der Waals surface area contributed by atoms with E-state index in [4.69, 9.17) is 16.2 Å². The van der Waals surface area contributed by atoms with E-state index in [0.29, 0.717) is 42.3 Å². The minimum absolute atomic E-state index is 0.302. The fourth-order valence-electron chi connectivity index (χ4n) is 3.73. The molecule has 4 rings (SSSR count). The van der Waals surface area contributed by atoms with Gasteiger partial charge in [-0.15, -0.1) is 5.10 Å². The Hall–Kier alpha value is -3.37. The second-order valence-electron chi connectivity index (χ2n) is 7.86. The summed E-state index contributed by atoms with van der Waals surface area (Å²) >= 11 is 0. The average Bonchev–Trinajstić information content (AvgIpc) is 3.24.